The monoisotopic (exact) mass is 436 g/mol. The highest BCUT2D eigenvalue weighted by Gasteiger charge is 2.44. The number of H-pyrrole nitrogens is 1. The molecule has 0 spiro atoms. The Morgan fingerprint density at radius 2 is 2.19 bits per heavy atom. The van der Waals surface area contributed by atoms with Gasteiger partial charge in [0, 0.05) is 61.9 Å². The molecule has 1 saturated heterocycles. The van der Waals surface area contributed by atoms with Gasteiger partial charge in [0.2, 0.25) is 5.13 Å². The maximum absolute atomic E-state index is 12.7. The third-order valence-corrected chi connectivity index (χ3v) is 7.26. The van der Waals surface area contributed by atoms with Gasteiger partial charge in [-0.3, -0.25) is 5.32 Å². The van der Waals surface area contributed by atoms with Crippen molar-refractivity contribution in [2.24, 2.45) is 11.8 Å². The number of aryl methyl sites for hydroxylation is 1. The lowest BCUT2D eigenvalue weighted by atomic mass is 10.0. The first-order valence-electron chi connectivity index (χ1n) is 10.5. The van der Waals surface area contributed by atoms with Crippen LogP contribution in [-0.4, -0.2) is 56.4 Å². The fourth-order valence-corrected chi connectivity index (χ4v) is 5.65. The molecular formula is C21H24N8OS. The largest absolute Gasteiger partial charge is 0.370 e. The van der Waals surface area contributed by atoms with Crippen molar-refractivity contribution in [1.82, 2.24) is 24.2 Å². The first kappa shape index (κ1) is 19.8. The van der Waals surface area contributed by atoms with Gasteiger partial charge in [-0.05, 0) is 30.7 Å². The molecular weight excluding hydrogens is 412 g/mol. The molecule has 2 aliphatic rings. The molecule has 9 nitrogen and oxygen atoms in total. The molecule has 2 fully saturated rings. The number of nitrogens with one attached hydrogen (secondary N) is 2. The van der Waals surface area contributed by atoms with Crippen LogP contribution in [0.2, 0.25) is 0 Å². The topological polar surface area (TPSA) is 114 Å². The molecule has 1 aliphatic heterocycles. The van der Waals surface area contributed by atoms with Gasteiger partial charge in [0.1, 0.15) is 17.5 Å². The Balaban J connectivity index is 1.26. The summed E-state index contributed by atoms with van der Waals surface area (Å²) in [5, 5.41) is 14.0. The summed E-state index contributed by atoms with van der Waals surface area (Å²) in [6.07, 6.45) is 6.27. The Morgan fingerprint density at radius 1 is 1.42 bits per heavy atom. The molecule has 10 heteroatoms. The van der Waals surface area contributed by atoms with Gasteiger partial charge in [0.05, 0.1) is 11.3 Å². The van der Waals surface area contributed by atoms with Crippen molar-refractivity contribution in [3.63, 3.8) is 0 Å². The summed E-state index contributed by atoms with van der Waals surface area (Å²) in [6.45, 7) is 3.50. The Hall–Kier alpha value is -3.19. The zero-order valence-electron chi connectivity index (χ0n) is 17.5. The number of urea groups is 1. The second-order valence-electron chi connectivity index (χ2n) is 8.33. The van der Waals surface area contributed by atoms with E-state index in [4.69, 9.17) is 0 Å². The van der Waals surface area contributed by atoms with Crippen LogP contribution in [0.5, 0.6) is 0 Å². The summed E-state index contributed by atoms with van der Waals surface area (Å²) < 4.78 is 4.22. The van der Waals surface area contributed by atoms with Gasteiger partial charge in [-0.25, -0.2) is 14.8 Å². The summed E-state index contributed by atoms with van der Waals surface area (Å²) in [7, 11) is 2.07. The number of fused-ring (bicyclic) bond motifs is 2. The number of hydrogen-bond donors (Lipinski definition) is 2. The van der Waals surface area contributed by atoms with Crippen LogP contribution in [0.4, 0.5) is 15.6 Å². The minimum absolute atomic E-state index is 0.0898. The minimum Gasteiger partial charge on any atom is -0.370 e. The van der Waals surface area contributed by atoms with Crippen LogP contribution in [0.1, 0.15) is 31.2 Å². The highest BCUT2D eigenvalue weighted by Crippen LogP contribution is 2.42. The van der Waals surface area contributed by atoms with Crippen molar-refractivity contribution in [2.75, 3.05) is 30.4 Å². The van der Waals surface area contributed by atoms with E-state index in [0.29, 0.717) is 28.6 Å². The summed E-state index contributed by atoms with van der Waals surface area (Å²) in [5.74, 6) is 1.69. The lowest BCUT2D eigenvalue weighted by Gasteiger charge is -2.29. The Morgan fingerprint density at radius 3 is 2.87 bits per heavy atom. The lowest BCUT2D eigenvalue weighted by Crippen LogP contribution is -2.36. The summed E-state index contributed by atoms with van der Waals surface area (Å²) in [5.41, 5.74) is 2.33. The number of aromatic nitrogens is 4. The molecule has 0 aromatic carbocycles. The van der Waals surface area contributed by atoms with Gasteiger partial charge in [-0.15, -0.1) is 0 Å². The smallest absolute Gasteiger partial charge is 0.323 e. The normalized spacial score (nSPS) is 22.5. The van der Waals surface area contributed by atoms with Crippen LogP contribution >= 0.6 is 11.5 Å². The Kier molecular flexibility index (Phi) is 4.98. The van der Waals surface area contributed by atoms with E-state index in [1.165, 1.54) is 11.5 Å². The van der Waals surface area contributed by atoms with E-state index < -0.39 is 0 Å². The van der Waals surface area contributed by atoms with E-state index in [-0.39, 0.29) is 6.03 Å². The van der Waals surface area contributed by atoms with Crippen LogP contribution in [0, 0.1) is 23.2 Å². The summed E-state index contributed by atoms with van der Waals surface area (Å²) >= 11 is 1.23. The molecule has 1 aliphatic carbocycles. The van der Waals surface area contributed by atoms with Crippen LogP contribution in [0.3, 0.4) is 0 Å². The number of likely N-dealkylation sites (tertiary alicyclic amines) is 1. The molecule has 31 heavy (non-hydrogen) atoms. The minimum atomic E-state index is -0.0898. The molecule has 4 heterocycles. The zero-order valence-corrected chi connectivity index (χ0v) is 18.3. The first-order chi connectivity index (χ1) is 15.1. The molecule has 1 saturated carbocycles. The molecule has 1 unspecified atom stereocenters. The fraction of sp³-hybridized carbons (Fsp3) is 0.476. The molecule has 3 aromatic heterocycles. The summed E-state index contributed by atoms with van der Waals surface area (Å²) in [4.78, 5) is 28.6. The number of carbonyl (C=O) groups excluding carboxylic acids is 1. The number of amides is 2. The Bertz CT molecular complexity index is 1150. The number of hydrogen-bond acceptors (Lipinski definition) is 7. The van der Waals surface area contributed by atoms with Crippen molar-refractivity contribution >= 4 is 39.4 Å². The van der Waals surface area contributed by atoms with E-state index in [1.54, 1.807) is 6.20 Å². The number of nitrogens with zero attached hydrogens (tertiary/aromatic N) is 6. The predicted molar refractivity (Wildman–Crippen MR) is 119 cm³/mol. The van der Waals surface area contributed by atoms with Crippen molar-refractivity contribution in [1.29, 1.82) is 5.26 Å². The second-order valence-corrected chi connectivity index (χ2v) is 9.08. The van der Waals surface area contributed by atoms with Crippen LogP contribution < -0.4 is 10.2 Å². The highest BCUT2D eigenvalue weighted by molar-refractivity contribution is 7.09. The van der Waals surface area contributed by atoms with Gasteiger partial charge in [-0.1, -0.05) is 6.92 Å². The number of nitriles is 1. The number of aromatic amines is 1. The third kappa shape index (κ3) is 3.49. The fourth-order valence-electron chi connectivity index (χ4n) is 5.01. The van der Waals surface area contributed by atoms with Gasteiger partial charge in [-0.2, -0.15) is 9.64 Å². The molecule has 2 amide bonds. The number of rotatable bonds is 4. The maximum atomic E-state index is 12.7. The van der Waals surface area contributed by atoms with Crippen LogP contribution in [-0.2, 0) is 6.42 Å². The standard InChI is InChI=1S/C21H24N8OS/c1-3-17-25-20(31-27-17)26-21(30)29-10-12-6-15(7-13(12)11-29)28(2)18-14(8-22)9-24-19-16(18)4-5-23-19/h4-5,9,12-13,15H,3,6-7,10-11H2,1-2H3,(H,23,24)(H,25,26,27,30)/t12-,13+,15?. The molecule has 0 bridgehead atoms. The number of pyridine rings is 1. The first-order valence-corrected chi connectivity index (χ1v) is 11.3. The molecule has 3 atom stereocenters. The van der Waals surface area contributed by atoms with Crippen LogP contribution in [0.25, 0.3) is 11.0 Å². The second kappa shape index (κ2) is 7.81. The van der Waals surface area contributed by atoms with Gasteiger partial charge >= 0.3 is 6.03 Å². The van der Waals surface area contributed by atoms with E-state index in [2.05, 4.69) is 42.7 Å². The maximum Gasteiger partial charge on any atom is 0.323 e. The highest BCUT2D eigenvalue weighted by atomic mass is 32.1. The molecule has 160 valence electrons. The van der Waals surface area contributed by atoms with E-state index >= 15 is 0 Å². The van der Waals surface area contributed by atoms with Gasteiger partial charge < -0.3 is 14.8 Å². The van der Waals surface area contributed by atoms with Crippen molar-refractivity contribution in [3.8, 4) is 6.07 Å². The lowest BCUT2D eigenvalue weighted by molar-refractivity contribution is 0.218. The van der Waals surface area contributed by atoms with Gasteiger partial charge in [0.25, 0.3) is 0 Å². The number of carbonyl (C=O) groups is 1. The van der Waals surface area contributed by atoms with E-state index in [1.807, 2.05) is 24.1 Å². The van der Waals surface area contributed by atoms with Gasteiger partial charge in [0.15, 0.2) is 0 Å². The van der Waals surface area contributed by atoms with E-state index in [9.17, 15) is 10.1 Å². The predicted octanol–water partition coefficient (Wildman–Crippen LogP) is 3.23. The number of anilines is 2. The van der Waals surface area contributed by atoms with Crippen molar-refractivity contribution in [2.45, 2.75) is 32.2 Å². The molecule has 0 radical (unpaired) electrons. The van der Waals surface area contributed by atoms with Crippen molar-refractivity contribution in [3.05, 3.63) is 29.8 Å². The quantitative estimate of drug-likeness (QED) is 0.649. The Labute approximate surface area is 184 Å². The average molecular weight is 437 g/mol. The van der Waals surface area contributed by atoms with E-state index in [0.717, 1.165) is 54.9 Å². The average Bonchev–Trinajstić information content (AvgIpc) is 3.54. The molecule has 5 rings (SSSR count). The van der Waals surface area contributed by atoms with Crippen LogP contribution in [0.15, 0.2) is 18.5 Å². The zero-order chi connectivity index (χ0) is 21.5. The van der Waals surface area contributed by atoms with Crippen molar-refractivity contribution < 1.29 is 4.79 Å². The molecule has 3 aromatic rings. The molecule has 2 N–H and O–H groups in total. The third-order valence-electron chi connectivity index (χ3n) is 6.59. The summed E-state index contributed by atoms with van der Waals surface area (Å²) in [6, 6.07) is 4.52. The SMILES string of the molecule is CCc1nsc(NC(=O)N2C[C@H]3CC(N(C)c4c(C#N)cnc5[nH]ccc45)C[C@H]3C2)n1.